The number of nitrogens with zero attached hydrogens (tertiary/aromatic N) is 1. The summed E-state index contributed by atoms with van der Waals surface area (Å²) in [5.41, 5.74) is 5.52. The van der Waals surface area contributed by atoms with Crippen LogP contribution in [0.1, 0.15) is 19.3 Å². The van der Waals surface area contributed by atoms with Crippen molar-refractivity contribution in [3.8, 4) is 5.75 Å². The second-order valence-corrected chi connectivity index (χ2v) is 6.16. The Kier molecular flexibility index (Phi) is 5.48. The van der Waals surface area contributed by atoms with Crippen LogP contribution in [0.15, 0.2) is 30.3 Å². The molecule has 0 radical (unpaired) electrons. The highest BCUT2D eigenvalue weighted by Gasteiger charge is 2.38. The van der Waals surface area contributed by atoms with Crippen molar-refractivity contribution in [3.63, 3.8) is 0 Å². The zero-order valence-electron chi connectivity index (χ0n) is 13.2. The number of carbonyl (C=O) groups excluding carboxylic acids is 1. The van der Waals surface area contributed by atoms with E-state index in [1.807, 2.05) is 30.3 Å². The lowest BCUT2D eigenvalue weighted by Gasteiger charge is -2.23. The monoisotopic (exact) mass is 320 g/mol. The van der Waals surface area contributed by atoms with E-state index in [2.05, 4.69) is 0 Å². The van der Waals surface area contributed by atoms with Crippen LogP contribution in [0.25, 0.3) is 0 Å². The molecular formula is C17H24N2O4. The Labute approximate surface area is 136 Å². The van der Waals surface area contributed by atoms with Crippen LogP contribution in [0.2, 0.25) is 0 Å². The van der Waals surface area contributed by atoms with Gasteiger partial charge in [0.05, 0.1) is 19.3 Å². The Bertz CT molecular complexity index is 505. The van der Waals surface area contributed by atoms with Gasteiger partial charge in [-0.15, -0.1) is 0 Å². The fourth-order valence-electron chi connectivity index (χ4n) is 3.08. The number of rotatable bonds is 7. The molecule has 1 amide bonds. The topological polar surface area (TPSA) is 74.0 Å². The molecule has 2 aliphatic rings. The lowest BCUT2D eigenvalue weighted by atomic mass is 10.1. The first-order chi connectivity index (χ1) is 11.2. The number of benzene rings is 1. The molecule has 3 unspecified atom stereocenters. The Morgan fingerprint density at radius 2 is 2.17 bits per heavy atom. The number of primary amides is 1. The van der Waals surface area contributed by atoms with Gasteiger partial charge in [0.2, 0.25) is 5.91 Å². The highest BCUT2D eigenvalue weighted by molar-refractivity contribution is 5.79. The second-order valence-electron chi connectivity index (χ2n) is 6.16. The Hall–Kier alpha value is -1.63. The summed E-state index contributed by atoms with van der Waals surface area (Å²) in [6.45, 7) is 2.77. The predicted molar refractivity (Wildman–Crippen MR) is 84.7 cm³/mol. The average molecular weight is 320 g/mol. The summed E-state index contributed by atoms with van der Waals surface area (Å²) in [6.07, 6.45) is 2.34. The van der Waals surface area contributed by atoms with E-state index in [1.54, 1.807) is 5.06 Å². The normalized spacial score (nSPS) is 28.1. The summed E-state index contributed by atoms with van der Waals surface area (Å²) in [5, 5.41) is 1.76. The number of amides is 1. The molecule has 2 fully saturated rings. The van der Waals surface area contributed by atoms with Crippen molar-refractivity contribution in [2.24, 2.45) is 11.7 Å². The van der Waals surface area contributed by atoms with Crippen LogP contribution in [-0.4, -0.2) is 49.5 Å². The third-order valence-electron chi connectivity index (χ3n) is 4.36. The van der Waals surface area contributed by atoms with Crippen molar-refractivity contribution in [2.45, 2.75) is 31.4 Å². The van der Waals surface area contributed by atoms with Gasteiger partial charge >= 0.3 is 0 Å². The minimum Gasteiger partial charge on any atom is -0.493 e. The molecule has 2 heterocycles. The SMILES string of the molecule is NC(=O)C1CC(CCOc2ccccc2)ON1CC1CCOC1. The number of nitrogens with two attached hydrogens (primary N) is 1. The van der Waals surface area contributed by atoms with Crippen molar-refractivity contribution in [3.05, 3.63) is 30.3 Å². The van der Waals surface area contributed by atoms with Gasteiger partial charge in [-0.25, -0.2) is 0 Å². The largest absolute Gasteiger partial charge is 0.493 e. The Balaban J connectivity index is 1.47. The maximum Gasteiger partial charge on any atom is 0.237 e. The maximum atomic E-state index is 11.7. The predicted octanol–water partition coefficient (Wildman–Crippen LogP) is 1.35. The second kappa shape index (κ2) is 7.77. The van der Waals surface area contributed by atoms with E-state index < -0.39 is 0 Å². The van der Waals surface area contributed by atoms with Gasteiger partial charge in [0, 0.05) is 26.0 Å². The molecule has 6 heteroatoms. The van der Waals surface area contributed by atoms with E-state index in [4.69, 9.17) is 20.0 Å². The summed E-state index contributed by atoms with van der Waals surface area (Å²) in [6, 6.07) is 9.33. The summed E-state index contributed by atoms with van der Waals surface area (Å²) < 4.78 is 11.1. The van der Waals surface area contributed by atoms with E-state index in [0.717, 1.165) is 31.8 Å². The third kappa shape index (κ3) is 4.43. The summed E-state index contributed by atoms with van der Waals surface area (Å²) in [7, 11) is 0. The first-order valence-electron chi connectivity index (χ1n) is 8.20. The molecule has 3 atom stereocenters. The maximum absolute atomic E-state index is 11.7. The van der Waals surface area contributed by atoms with Crippen molar-refractivity contribution in [1.82, 2.24) is 5.06 Å². The fourth-order valence-corrected chi connectivity index (χ4v) is 3.08. The van der Waals surface area contributed by atoms with Crippen molar-refractivity contribution < 1.29 is 19.1 Å². The molecule has 126 valence electrons. The molecule has 6 nitrogen and oxygen atoms in total. The van der Waals surface area contributed by atoms with E-state index in [9.17, 15) is 4.79 Å². The van der Waals surface area contributed by atoms with Crippen LogP contribution in [-0.2, 0) is 14.4 Å². The van der Waals surface area contributed by atoms with Crippen molar-refractivity contribution in [1.29, 1.82) is 0 Å². The highest BCUT2D eigenvalue weighted by Crippen LogP contribution is 2.26. The number of hydrogen-bond donors (Lipinski definition) is 1. The Morgan fingerprint density at radius 3 is 2.87 bits per heavy atom. The van der Waals surface area contributed by atoms with Gasteiger partial charge in [-0.05, 0) is 24.5 Å². The summed E-state index contributed by atoms with van der Waals surface area (Å²) in [4.78, 5) is 17.6. The first kappa shape index (κ1) is 16.2. The fraction of sp³-hybridized carbons (Fsp3) is 0.588. The van der Waals surface area contributed by atoms with Crippen LogP contribution in [0.4, 0.5) is 0 Å². The van der Waals surface area contributed by atoms with Gasteiger partial charge in [0.15, 0.2) is 0 Å². The molecule has 2 N–H and O–H groups in total. The number of carbonyl (C=O) groups is 1. The lowest BCUT2D eigenvalue weighted by Crippen LogP contribution is -2.41. The van der Waals surface area contributed by atoms with Crippen molar-refractivity contribution in [2.75, 3.05) is 26.4 Å². The molecule has 23 heavy (non-hydrogen) atoms. The molecule has 1 aromatic carbocycles. The standard InChI is InChI=1S/C17H24N2O4/c18-17(20)16-10-15(7-9-22-14-4-2-1-3-5-14)23-19(16)11-13-6-8-21-12-13/h1-5,13,15-16H,6-12H2,(H2,18,20). The molecule has 0 aromatic heterocycles. The van der Waals surface area contributed by atoms with E-state index in [0.29, 0.717) is 25.5 Å². The molecule has 2 saturated heterocycles. The zero-order chi connectivity index (χ0) is 16.1. The van der Waals surface area contributed by atoms with E-state index in [-0.39, 0.29) is 18.1 Å². The minimum atomic E-state index is -0.350. The molecule has 3 rings (SSSR count). The third-order valence-corrected chi connectivity index (χ3v) is 4.36. The van der Waals surface area contributed by atoms with Gasteiger partial charge in [-0.3, -0.25) is 9.63 Å². The van der Waals surface area contributed by atoms with Gasteiger partial charge in [0.1, 0.15) is 11.8 Å². The molecule has 2 aliphatic heterocycles. The molecule has 0 saturated carbocycles. The summed E-state index contributed by atoms with van der Waals surface area (Å²) >= 11 is 0. The number of hydroxylamine groups is 2. The molecular weight excluding hydrogens is 296 g/mol. The van der Waals surface area contributed by atoms with Crippen LogP contribution in [0, 0.1) is 5.92 Å². The Morgan fingerprint density at radius 1 is 1.35 bits per heavy atom. The van der Waals surface area contributed by atoms with Crippen LogP contribution in [0.3, 0.4) is 0 Å². The van der Waals surface area contributed by atoms with E-state index >= 15 is 0 Å². The first-order valence-corrected chi connectivity index (χ1v) is 8.20. The average Bonchev–Trinajstić information content (AvgIpc) is 3.19. The van der Waals surface area contributed by atoms with Gasteiger partial charge in [0.25, 0.3) is 0 Å². The minimum absolute atomic E-state index is 0.0291. The highest BCUT2D eigenvalue weighted by atomic mass is 16.7. The summed E-state index contributed by atoms with van der Waals surface area (Å²) in [5.74, 6) is 0.934. The van der Waals surface area contributed by atoms with Crippen LogP contribution in [0.5, 0.6) is 5.75 Å². The number of ether oxygens (including phenoxy) is 2. The number of para-hydroxylation sites is 1. The van der Waals surface area contributed by atoms with Crippen LogP contribution >= 0.6 is 0 Å². The molecule has 0 spiro atoms. The van der Waals surface area contributed by atoms with Gasteiger partial charge in [-0.2, -0.15) is 5.06 Å². The molecule has 1 aromatic rings. The molecule has 0 aliphatic carbocycles. The van der Waals surface area contributed by atoms with Gasteiger partial charge < -0.3 is 15.2 Å². The smallest absolute Gasteiger partial charge is 0.237 e. The van der Waals surface area contributed by atoms with Crippen LogP contribution < -0.4 is 10.5 Å². The van der Waals surface area contributed by atoms with E-state index in [1.165, 1.54) is 0 Å². The molecule has 0 bridgehead atoms. The lowest BCUT2D eigenvalue weighted by molar-refractivity contribution is -0.175. The zero-order valence-corrected chi connectivity index (χ0v) is 13.2. The number of hydrogen-bond acceptors (Lipinski definition) is 5. The van der Waals surface area contributed by atoms with Crippen molar-refractivity contribution >= 4 is 5.91 Å². The van der Waals surface area contributed by atoms with Gasteiger partial charge in [-0.1, -0.05) is 18.2 Å². The quantitative estimate of drug-likeness (QED) is 0.821.